The zero-order chi connectivity index (χ0) is 12.3. The molecular formula is C13H19NO3. The van der Waals surface area contributed by atoms with Crippen molar-refractivity contribution in [3.63, 3.8) is 0 Å². The second-order valence-corrected chi connectivity index (χ2v) is 4.68. The maximum absolute atomic E-state index is 10.7. The highest BCUT2D eigenvalue weighted by atomic mass is 16.4. The number of hydrogen-bond donors (Lipinski definition) is 1. The van der Waals surface area contributed by atoms with Crippen LogP contribution in [0.15, 0.2) is 4.42 Å². The lowest BCUT2D eigenvalue weighted by molar-refractivity contribution is -0.136. The molecule has 1 aliphatic carbocycles. The number of carboxylic acid groups (broad SMARTS) is 1. The van der Waals surface area contributed by atoms with Crippen molar-refractivity contribution in [3.8, 4) is 0 Å². The fourth-order valence-electron chi connectivity index (χ4n) is 2.49. The van der Waals surface area contributed by atoms with Gasteiger partial charge in [-0.1, -0.05) is 26.2 Å². The first kappa shape index (κ1) is 12.1. The first-order valence-electron chi connectivity index (χ1n) is 6.41. The van der Waals surface area contributed by atoms with Gasteiger partial charge in [0, 0.05) is 12.3 Å². The summed E-state index contributed by atoms with van der Waals surface area (Å²) in [6.45, 7) is 1.97. The summed E-state index contributed by atoms with van der Waals surface area (Å²) < 4.78 is 5.73. The van der Waals surface area contributed by atoms with E-state index in [4.69, 9.17) is 9.52 Å². The van der Waals surface area contributed by atoms with Gasteiger partial charge in [-0.2, -0.15) is 0 Å². The van der Waals surface area contributed by atoms with Gasteiger partial charge in [-0.25, -0.2) is 4.98 Å². The van der Waals surface area contributed by atoms with Crippen LogP contribution in [-0.4, -0.2) is 16.1 Å². The van der Waals surface area contributed by atoms with Crippen molar-refractivity contribution in [3.05, 3.63) is 17.3 Å². The largest absolute Gasteiger partial charge is 0.481 e. The number of aliphatic carboxylic acids is 1. The maximum Gasteiger partial charge on any atom is 0.309 e. The fraction of sp³-hybridized carbons (Fsp3) is 0.692. The molecule has 0 aromatic carbocycles. The summed E-state index contributed by atoms with van der Waals surface area (Å²) in [5, 5.41) is 8.82. The molecule has 1 aromatic rings. The Morgan fingerprint density at radius 2 is 2.12 bits per heavy atom. The van der Waals surface area contributed by atoms with Gasteiger partial charge >= 0.3 is 5.97 Å². The number of carboxylic acids is 1. The lowest BCUT2D eigenvalue weighted by atomic mass is 9.89. The van der Waals surface area contributed by atoms with Gasteiger partial charge in [0.1, 0.15) is 5.76 Å². The van der Waals surface area contributed by atoms with E-state index < -0.39 is 5.97 Å². The van der Waals surface area contributed by atoms with Crippen molar-refractivity contribution in [2.24, 2.45) is 0 Å². The molecule has 0 radical (unpaired) electrons. The van der Waals surface area contributed by atoms with Crippen molar-refractivity contribution >= 4 is 5.97 Å². The zero-order valence-corrected chi connectivity index (χ0v) is 10.2. The second kappa shape index (κ2) is 5.34. The average Bonchev–Trinajstić information content (AvgIpc) is 2.72. The molecule has 0 saturated heterocycles. The van der Waals surface area contributed by atoms with Gasteiger partial charge < -0.3 is 9.52 Å². The van der Waals surface area contributed by atoms with E-state index in [1.807, 2.05) is 6.92 Å². The standard InChI is InChI=1S/C13H19NO3/c1-2-11-10(8-12(15)16)14-13(17-11)9-6-4-3-5-7-9/h9H,2-8H2,1H3,(H,15,16). The second-order valence-electron chi connectivity index (χ2n) is 4.68. The Bertz CT molecular complexity index is 391. The molecule has 1 fully saturated rings. The molecular weight excluding hydrogens is 218 g/mol. The Morgan fingerprint density at radius 3 is 2.71 bits per heavy atom. The van der Waals surface area contributed by atoms with E-state index in [-0.39, 0.29) is 6.42 Å². The third-order valence-corrected chi connectivity index (χ3v) is 3.39. The van der Waals surface area contributed by atoms with Crippen molar-refractivity contribution in [2.45, 2.75) is 57.8 Å². The molecule has 1 heterocycles. The average molecular weight is 237 g/mol. The third-order valence-electron chi connectivity index (χ3n) is 3.39. The summed E-state index contributed by atoms with van der Waals surface area (Å²) in [4.78, 5) is 15.1. The first-order chi connectivity index (χ1) is 8.20. The number of rotatable bonds is 4. The van der Waals surface area contributed by atoms with Crippen molar-refractivity contribution in [2.75, 3.05) is 0 Å². The van der Waals surface area contributed by atoms with Crippen LogP contribution < -0.4 is 0 Å². The summed E-state index contributed by atoms with van der Waals surface area (Å²) in [7, 11) is 0. The molecule has 0 unspecified atom stereocenters. The van der Waals surface area contributed by atoms with Crippen LogP contribution in [-0.2, 0) is 17.6 Å². The molecule has 0 aliphatic heterocycles. The van der Waals surface area contributed by atoms with Crippen LogP contribution in [0.2, 0.25) is 0 Å². The Balaban J connectivity index is 2.17. The number of aromatic nitrogens is 1. The normalized spacial score (nSPS) is 17.2. The van der Waals surface area contributed by atoms with Crippen LogP contribution in [0, 0.1) is 0 Å². The van der Waals surface area contributed by atoms with Crippen LogP contribution in [0.5, 0.6) is 0 Å². The van der Waals surface area contributed by atoms with E-state index in [1.165, 1.54) is 19.3 Å². The highest BCUT2D eigenvalue weighted by Gasteiger charge is 2.23. The predicted molar refractivity (Wildman–Crippen MR) is 63.0 cm³/mol. The Morgan fingerprint density at radius 1 is 1.41 bits per heavy atom. The highest BCUT2D eigenvalue weighted by molar-refractivity contribution is 5.69. The van der Waals surface area contributed by atoms with Crippen molar-refractivity contribution in [1.29, 1.82) is 0 Å². The molecule has 1 aromatic heterocycles. The van der Waals surface area contributed by atoms with Gasteiger partial charge in [-0.15, -0.1) is 0 Å². The lowest BCUT2D eigenvalue weighted by Gasteiger charge is -2.17. The molecule has 94 valence electrons. The molecule has 17 heavy (non-hydrogen) atoms. The van der Waals surface area contributed by atoms with Crippen molar-refractivity contribution < 1.29 is 14.3 Å². The predicted octanol–water partition coefficient (Wildman–Crippen LogP) is 2.91. The maximum atomic E-state index is 10.7. The van der Waals surface area contributed by atoms with Gasteiger partial charge in [0.05, 0.1) is 12.1 Å². The Hall–Kier alpha value is -1.32. The van der Waals surface area contributed by atoms with E-state index >= 15 is 0 Å². The molecule has 0 amide bonds. The smallest absolute Gasteiger partial charge is 0.309 e. The SMILES string of the molecule is CCc1oc(C2CCCCC2)nc1CC(=O)O. The van der Waals surface area contributed by atoms with E-state index in [2.05, 4.69) is 4.98 Å². The Labute approximate surface area is 101 Å². The minimum atomic E-state index is -0.844. The van der Waals surface area contributed by atoms with Crippen molar-refractivity contribution in [1.82, 2.24) is 4.98 Å². The lowest BCUT2D eigenvalue weighted by Crippen LogP contribution is -2.06. The molecule has 1 N–H and O–H groups in total. The van der Waals surface area contributed by atoms with Crippen LogP contribution in [0.25, 0.3) is 0 Å². The number of oxazole rings is 1. The number of carbonyl (C=O) groups is 1. The van der Waals surface area contributed by atoms with Crippen LogP contribution in [0.1, 0.15) is 62.3 Å². The molecule has 1 saturated carbocycles. The van der Waals surface area contributed by atoms with Crippen LogP contribution in [0.4, 0.5) is 0 Å². The minimum absolute atomic E-state index is 0.0284. The number of aryl methyl sites for hydroxylation is 1. The summed E-state index contributed by atoms with van der Waals surface area (Å²) in [5.41, 5.74) is 0.612. The quantitative estimate of drug-likeness (QED) is 0.874. The summed E-state index contributed by atoms with van der Waals surface area (Å²) in [6, 6.07) is 0. The van der Waals surface area contributed by atoms with Crippen LogP contribution >= 0.6 is 0 Å². The Kier molecular flexibility index (Phi) is 3.82. The van der Waals surface area contributed by atoms with Gasteiger partial charge in [-0.3, -0.25) is 4.79 Å². The van der Waals surface area contributed by atoms with Crippen LogP contribution in [0.3, 0.4) is 0 Å². The molecule has 4 heteroatoms. The zero-order valence-electron chi connectivity index (χ0n) is 10.2. The summed E-state index contributed by atoms with van der Waals surface area (Å²) >= 11 is 0. The van der Waals surface area contributed by atoms with Gasteiger partial charge in [0.15, 0.2) is 5.89 Å². The van der Waals surface area contributed by atoms with E-state index in [0.29, 0.717) is 18.0 Å². The number of nitrogens with zero attached hydrogens (tertiary/aromatic N) is 1. The molecule has 0 atom stereocenters. The van der Waals surface area contributed by atoms with Gasteiger partial charge in [0.2, 0.25) is 0 Å². The minimum Gasteiger partial charge on any atom is -0.481 e. The third kappa shape index (κ3) is 2.87. The number of hydrogen-bond acceptors (Lipinski definition) is 3. The topological polar surface area (TPSA) is 63.3 Å². The summed E-state index contributed by atoms with van der Waals surface area (Å²) in [6.07, 6.45) is 6.67. The molecule has 1 aliphatic rings. The van der Waals surface area contributed by atoms with E-state index in [9.17, 15) is 4.79 Å². The molecule has 0 bridgehead atoms. The van der Waals surface area contributed by atoms with Gasteiger partial charge in [-0.05, 0) is 12.8 Å². The van der Waals surface area contributed by atoms with Gasteiger partial charge in [0.25, 0.3) is 0 Å². The molecule has 2 rings (SSSR count). The molecule has 4 nitrogen and oxygen atoms in total. The first-order valence-corrected chi connectivity index (χ1v) is 6.41. The fourth-order valence-corrected chi connectivity index (χ4v) is 2.49. The van der Waals surface area contributed by atoms with E-state index in [1.54, 1.807) is 0 Å². The monoisotopic (exact) mass is 237 g/mol. The molecule has 0 spiro atoms. The van der Waals surface area contributed by atoms with E-state index in [0.717, 1.165) is 24.5 Å². The highest BCUT2D eigenvalue weighted by Crippen LogP contribution is 2.33. The summed E-state index contributed by atoms with van der Waals surface area (Å²) in [5.74, 6) is 1.06.